The van der Waals surface area contributed by atoms with E-state index in [1.54, 1.807) is 6.07 Å². The molecule has 0 bridgehead atoms. The van der Waals surface area contributed by atoms with Crippen molar-refractivity contribution in [2.75, 3.05) is 37.7 Å². The lowest BCUT2D eigenvalue weighted by molar-refractivity contribution is 0.320. The maximum absolute atomic E-state index is 11.5. The number of halogens is 2. The van der Waals surface area contributed by atoms with Gasteiger partial charge < -0.3 is 19.5 Å². The zero-order valence-corrected chi connectivity index (χ0v) is 18.0. The Labute approximate surface area is 185 Å². The number of aromatic amines is 1. The van der Waals surface area contributed by atoms with Gasteiger partial charge in [-0.1, -0.05) is 35.3 Å². The Morgan fingerprint density at radius 1 is 1.03 bits per heavy atom. The van der Waals surface area contributed by atoms with Crippen molar-refractivity contribution in [1.29, 1.82) is 0 Å². The summed E-state index contributed by atoms with van der Waals surface area (Å²) in [6, 6.07) is 14.8. The van der Waals surface area contributed by atoms with Crippen LogP contribution >= 0.6 is 23.2 Å². The number of pyridine rings is 1. The molecule has 156 valence electrons. The number of piperazine rings is 1. The highest BCUT2D eigenvalue weighted by atomic mass is 35.5. The quantitative estimate of drug-likeness (QED) is 0.548. The molecule has 7 heteroatoms. The molecule has 0 radical (unpaired) electrons. The first-order chi connectivity index (χ1) is 14.6. The van der Waals surface area contributed by atoms with Crippen molar-refractivity contribution in [2.45, 2.75) is 6.42 Å². The summed E-state index contributed by atoms with van der Waals surface area (Å²) in [5.74, 6) is 0.754. The summed E-state index contributed by atoms with van der Waals surface area (Å²) >= 11 is 12.5. The number of hydrogen-bond acceptors (Lipinski definition) is 4. The average Bonchev–Trinajstić information content (AvgIpc) is 2.76. The highest BCUT2D eigenvalue weighted by Crippen LogP contribution is 2.32. The van der Waals surface area contributed by atoms with Crippen LogP contribution < -0.4 is 15.2 Å². The van der Waals surface area contributed by atoms with Gasteiger partial charge >= 0.3 is 0 Å². The van der Waals surface area contributed by atoms with Crippen LogP contribution in [0.1, 0.15) is 6.42 Å². The number of rotatable bonds is 6. The van der Waals surface area contributed by atoms with Crippen molar-refractivity contribution in [1.82, 2.24) is 9.88 Å². The van der Waals surface area contributed by atoms with E-state index in [0.29, 0.717) is 16.7 Å². The lowest BCUT2D eigenvalue weighted by atomic mass is 10.2. The molecule has 4 rings (SSSR count). The van der Waals surface area contributed by atoms with Crippen molar-refractivity contribution in [3.8, 4) is 5.75 Å². The van der Waals surface area contributed by atoms with Crippen LogP contribution in [0.25, 0.3) is 10.9 Å². The summed E-state index contributed by atoms with van der Waals surface area (Å²) < 4.78 is 5.82. The first-order valence-corrected chi connectivity index (χ1v) is 10.7. The number of aromatic nitrogens is 1. The Bertz CT molecular complexity index is 1110. The molecule has 0 atom stereocenters. The summed E-state index contributed by atoms with van der Waals surface area (Å²) in [6.45, 7) is 4.24. The van der Waals surface area contributed by atoms with E-state index in [4.69, 9.17) is 27.9 Å². The third kappa shape index (κ3) is 4.91. The molecule has 5 nitrogen and oxygen atoms in total. The predicted octanol–water partition coefficient (Wildman–Crippen LogP) is 4.94. The summed E-state index contributed by atoms with van der Waals surface area (Å²) in [6.07, 6.45) is 5.08. The maximum atomic E-state index is 11.5. The number of ether oxygens (including phenoxy) is 1. The van der Waals surface area contributed by atoms with Gasteiger partial charge in [0.2, 0.25) is 5.56 Å². The molecule has 1 fully saturated rings. The van der Waals surface area contributed by atoms with Gasteiger partial charge in [-0.15, -0.1) is 0 Å². The zero-order valence-electron chi connectivity index (χ0n) is 16.5. The molecule has 3 aromatic rings. The minimum atomic E-state index is -0.111. The number of H-pyrrole nitrogens is 1. The SMILES string of the molecule is O=c1ccc2ccc(OCC/C=C/N3CCN(c4cccc(Cl)c4Cl)CC3)cc2[nH]1. The molecule has 0 aliphatic carbocycles. The normalized spacial score (nSPS) is 14.6. The van der Waals surface area contributed by atoms with Gasteiger partial charge in [-0.3, -0.25) is 4.79 Å². The fourth-order valence-corrected chi connectivity index (χ4v) is 3.95. The number of nitrogens with one attached hydrogen (secondary N) is 1. The van der Waals surface area contributed by atoms with E-state index in [1.165, 1.54) is 6.07 Å². The van der Waals surface area contributed by atoms with Gasteiger partial charge in [0.15, 0.2) is 0 Å². The topological polar surface area (TPSA) is 48.6 Å². The molecular weight excluding hydrogens is 421 g/mol. The van der Waals surface area contributed by atoms with Crippen molar-refractivity contribution >= 4 is 39.8 Å². The molecule has 1 saturated heterocycles. The second kappa shape index (κ2) is 9.45. The first kappa shape index (κ1) is 20.6. The van der Waals surface area contributed by atoms with E-state index < -0.39 is 0 Å². The molecular formula is C23H23Cl2N3O2. The minimum absolute atomic E-state index is 0.111. The molecule has 1 aliphatic heterocycles. The Balaban J connectivity index is 1.23. The van der Waals surface area contributed by atoms with E-state index in [9.17, 15) is 4.79 Å². The van der Waals surface area contributed by atoms with Crippen LogP contribution in [0.15, 0.2) is 65.6 Å². The van der Waals surface area contributed by atoms with E-state index in [0.717, 1.165) is 54.9 Å². The number of fused-ring (bicyclic) bond motifs is 1. The number of benzene rings is 2. The molecule has 2 aromatic carbocycles. The number of hydrogen-bond donors (Lipinski definition) is 1. The Hall–Kier alpha value is -2.63. The van der Waals surface area contributed by atoms with Crippen molar-refractivity contribution in [2.24, 2.45) is 0 Å². The number of nitrogens with zero attached hydrogens (tertiary/aromatic N) is 2. The van der Waals surface area contributed by atoms with Crippen LogP contribution in [-0.2, 0) is 0 Å². The third-order valence-corrected chi connectivity index (χ3v) is 5.96. The standard InChI is InChI=1S/C23H23Cl2N3O2/c24-19-4-3-5-21(23(19)25)28-13-11-27(12-14-28)10-1-2-15-30-18-8-6-17-7-9-22(29)26-20(17)16-18/h1,3-10,16H,2,11-15H2,(H,26,29)/b10-1+. The van der Waals surface area contributed by atoms with Crippen LogP contribution in [0.3, 0.4) is 0 Å². The van der Waals surface area contributed by atoms with E-state index >= 15 is 0 Å². The predicted molar refractivity (Wildman–Crippen MR) is 124 cm³/mol. The average molecular weight is 444 g/mol. The molecule has 0 amide bonds. The lowest BCUT2D eigenvalue weighted by Crippen LogP contribution is -2.44. The second-order valence-corrected chi connectivity index (χ2v) is 7.97. The summed E-state index contributed by atoms with van der Waals surface area (Å²) in [4.78, 5) is 18.8. The Morgan fingerprint density at radius 2 is 1.83 bits per heavy atom. The highest BCUT2D eigenvalue weighted by molar-refractivity contribution is 6.43. The molecule has 30 heavy (non-hydrogen) atoms. The largest absolute Gasteiger partial charge is 0.493 e. The van der Waals surface area contributed by atoms with Gasteiger partial charge in [0.05, 0.1) is 27.9 Å². The van der Waals surface area contributed by atoms with Crippen molar-refractivity contribution in [3.63, 3.8) is 0 Å². The van der Waals surface area contributed by atoms with Crippen LogP contribution in [0, 0.1) is 0 Å². The van der Waals surface area contributed by atoms with Gasteiger partial charge in [0.25, 0.3) is 0 Å². The van der Waals surface area contributed by atoms with Crippen molar-refractivity contribution < 1.29 is 4.74 Å². The minimum Gasteiger partial charge on any atom is -0.493 e. The van der Waals surface area contributed by atoms with E-state index in [1.807, 2.05) is 36.4 Å². The number of anilines is 1. The van der Waals surface area contributed by atoms with E-state index in [-0.39, 0.29) is 5.56 Å². The van der Waals surface area contributed by atoms with Gasteiger partial charge in [-0.25, -0.2) is 0 Å². The van der Waals surface area contributed by atoms with Gasteiger partial charge in [0.1, 0.15) is 5.75 Å². The van der Waals surface area contributed by atoms with Crippen LogP contribution in [-0.4, -0.2) is 42.7 Å². The Morgan fingerprint density at radius 3 is 2.67 bits per heavy atom. The van der Waals surface area contributed by atoms with Gasteiger partial charge in [0, 0.05) is 44.7 Å². The van der Waals surface area contributed by atoms with Crippen LogP contribution in [0.4, 0.5) is 5.69 Å². The fourth-order valence-electron chi connectivity index (χ4n) is 3.54. The van der Waals surface area contributed by atoms with E-state index in [2.05, 4.69) is 27.1 Å². The third-order valence-electron chi connectivity index (χ3n) is 5.15. The lowest BCUT2D eigenvalue weighted by Gasteiger charge is -2.36. The monoisotopic (exact) mass is 443 g/mol. The second-order valence-electron chi connectivity index (χ2n) is 7.19. The molecule has 0 spiro atoms. The molecule has 1 N–H and O–H groups in total. The molecule has 0 saturated carbocycles. The molecule has 0 unspecified atom stereocenters. The van der Waals surface area contributed by atoms with Gasteiger partial charge in [-0.2, -0.15) is 0 Å². The smallest absolute Gasteiger partial charge is 0.248 e. The highest BCUT2D eigenvalue weighted by Gasteiger charge is 2.17. The molecule has 1 aliphatic rings. The molecule has 2 heterocycles. The summed E-state index contributed by atoms with van der Waals surface area (Å²) in [7, 11) is 0. The van der Waals surface area contributed by atoms with Crippen LogP contribution in [0.2, 0.25) is 10.0 Å². The first-order valence-electron chi connectivity index (χ1n) is 9.96. The fraction of sp³-hybridized carbons (Fsp3) is 0.261. The van der Waals surface area contributed by atoms with Crippen LogP contribution in [0.5, 0.6) is 5.75 Å². The summed E-state index contributed by atoms with van der Waals surface area (Å²) in [5.41, 5.74) is 1.67. The summed E-state index contributed by atoms with van der Waals surface area (Å²) in [5, 5.41) is 2.20. The Kier molecular flexibility index (Phi) is 6.50. The molecule has 1 aromatic heterocycles. The maximum Gasteiger partial charge on any atom is 0.248 e. The van der Waals surface area contributed by atoms with Crippen molar-refractivity contribution in [3.05, 3.63) is 81.2 Å². The van der Waals surface area contributed by atoms with Gasteiger partial charge in [-0.05, 0) is 41.9 Å². The zero-order chi connectivity index (χ0) is 20.9.